The highest BCUT2D eigenvalue weighted by molar-refractivity contribution is 5.34. The summed E-state index contributed by atoms with van der Waals surface area (Å²) < 4.78 is 1.97. The minimum atomic E-state index is 0.659. The van der Waals surface area contributed by atoms with Gasteiger partial charge in [-0.25, -0.2) is 0 Å². The molecule has 98 valence electrons. The first kappa shape index (κ1) is 13.2. The normalized spacial score (nSPS) is 23.9. The molecule has 1 heterocycles. The predicted molar refractivity (Wildman–Crippen MR) is 73.1 cm³/mol. The molecular formula is C15H23N3. The zero-order valence-electron chi connectivity index (χ0n) is 11.7. The summed E-state index contributed by atoms with van der Waals surface area (Å²) in [4.78, 5) is 0. The van der Waals surface area contributed by atoms with Crippen molar-refractivity contribution in [2.24, 2.45) is 13.0 Å². The average molecular weight is 245 g/mol. The second-order valence-corrected chi connectivity index (χ2v) is 5.65. The van der Waals surface area contributed by atoms with Crippen LogP contribution in [0.25, 0.3) is 0 Å². The van der Waals surface area contributed by atoms with Crippen LogP contribution >= 0.6 is 0 Å². The van der Waals surface area contributed by atoms with Gasteiger partial charge < -0.3 is 9.88 Å². The molecule has 0 spiro atoms. The topological polar surface area (TPSA) is 40.8 Å². The largest absolute Gasteiger partial charge is 0.340 e. The molecule has 3 heteroatoms. The van der Waals surface area contributed by atoms with Gasteiger partial charge in [0.2, 0.25) is 0 Å². The quantitative estimate of drug-likeness (QED) is 0.889. The summed E-state index contributed by atoms with van der Waals surface area (Å²) in [5.74, 6) is 0.895. The first-order valence-electron chi connectivity index (χ1n) is 6.90. The van der Waals surface area contributed by atoms with Gasteiger partial charge in [-0.2, -0.15) is 5.26 Å². The second kappa shape index (κ2) is 5.58. The fourth-order valence-electron chi connectivity index (χ4n) is 2.77. The molecule has 1 aliphatic carbocycles. The van der Waals surface area contributed by atoms with Crippen molar-refractivity contribution in [2.45, 2.75) is 52.1 Å². The first-order chi connectivity index (χ1) is 8.61. The van der Waals surface area contributed by atoms with Crippen LogP contribution in [0, 0.1) is 24.2 Å². The molecule has 0 saturated heterocycles. The molecule has 0 aliphatic heterocycles. The maximum atomic E-state index is 9.01. The van der Waals surface area contributed by atoms with Crippen LogP contribution in [-0.4, -0.2) is 10.6 Å². The monoisotopic (exact) mass is 245 g/mol. The summed E-state index contributed by atoms with van der Waals surface area (Å²) in [5, 5.41) is 12.7. The summed E-state index contributed by atoms with van der Waals surface area (Å²) in [7, 11) is 1.96. The maximum absolute atomic E-state index is 9.01. The number of nitrogens with zero attached hydrogens (tertiary/aromatic N) is 2. The van der Waals surface area contributed by atoms with Gasteiger partial charge in [-0.1, -0.05) is 6.92 Å². The van der Waals surface area contributed by atoms with E-state index in [1.807, 2.05) is 17.7 Å². The highest BCUT2D eigenvalue weighted by Crippen LogP contribution is 2.24. The van der Waals surface area contributed by atoms with E-state index in [0.717, 1.165) is 18.2 Å². The van der Waals surface area contributed by atoms with Crippen LogP contribution in [0.2, 0.25) is 0 Å². The van der Waals surface area contributed by atoms with Gasteiger partial charge in [-0.3, -0.25) is 0 Å². The van der Waals surface area contributed by atoms with E-state index >= 15 is 0 Å². The molecule has 1 aromatic rings. The lowest BCUT2D eigenvalue weighted by atomic mass is 9.87. The lowest BCUT2D eigenvalue weighted by Gasteiger charge is -2.27. The minimum absolute atomic E-state index is 0.659. The van der Waals surface area contributed by atoms with E-state index in [9.17, 15) is 0 Å². The second-order valence-electron chi connectivity index (χ2n) is 5.65. The van der Waals surface area contributed by atoms with Crippen LogP contribution < -0.4 is 5.32 Å². The minimum Gasteiger partial charge on any atom is -0.340 e. The molecule has 1 aromatic heterocycles. The van der Waals surface area contributed by atoms with E-state index in [4.69, 9.17) is 5.26 Å². The Balaban J connectivity index is 1.93. The van der Waals surface area contributed by atoms with Crippen LogP contribution in [0.5, 0.6) is 0 Å². The van der Waals surface area contributed by atoms with E-state index in [1.54, 1.807) is 0 Å². The van der Waals surface area contributed by atoms with Gasteiger partial charge >= 0.3 is 0 Å². The number of rotatable bonds is 3. The SMILES string of the molecule is Cc1c(CNC2CCC(C)CC2)cc(C#N)n1C. The number of hydrogen-bond donors (Lipinski definition) is 1. The number of aromatic nitrogens is 1. The van der Waals surface area contributed by atoms with Gasteiger partial charge in [0.05, 0.1) is 0 Å². The third kappa shape index (κ3) is 2.76. The number of nitrogens with one attached hydrogen (secondary N) is 1. The molecule has 0 bridgehead atoms. The van der Waals surface area contributed by atoms with E-state index < -0.39 is 0 Å². The molecule has 0 unspecified atom stereocenters. The van der Waals surface area contributed by atoms with E-state index in [-0.39, 0.29) is 0 Å². The molecule has 0 aromatic carbocycles. The van der Waals surface area contributed by atoms with Crippen molar-refractivity contribution in [2.75, 3.05) is 0 Å². The molecule has 0 radical (unpaired) electrons. The summed E-state index contributed by atoms with van der Waals surface area (Å²) >= 11 is 0. The smallest absolute Gasteiger partial charge is 0.120 e. The van der Waals surface area contributed by atoms with Gasteiger partial charge in [-0.15, -0.1) is 0 Å². The van der Waals surface area contributed by atoms with Crippen LogP contribution in [-0.2, 0) is 13.6 Å². The molecule has 2 rings (SSSR count). The Bertz CT molecular complexity index is 445. The van der Waals surface area contributed by atoms with Gasteiger partial charge in [0.15, 0.2) is 0 Å². The van der Waals surface area contributed by atoms with Crippen LogP contribution in [0.1, 0.15) is 49.6 Å². The molecule has 0 amide bonds. The summed E-state index contributed by atoms with van der Waals surface area (Å²) in [6.45, 7) is 5.32. The van der Waals surface area contributed by atoms with Crippen molar-refractivity contribution >= 4 is 0 Å². The van der Waals surface area contributed by atoms with Crippen molar-refractivity contribution < 1.29 is 0 Å². The van der Waals surface area contributed by atoms with E-state index in [0.29, 0.717) is 6.04 Å². The van der Waals surface area contributed by atoms with Crippen molar-refractivity contribution in [3.8, 4) is 6.07 Å². The van der Waals surface area contributed by atoms with Gasteiger partial charge in [-0.05, 0) is 50.2 Å². The fraction of sp³-hybridized carbons (Fsp3) is 0.667. The van der Waals surface area contributed by atoms with E-state index in [1.165, 1.54) is 36.9 Å². The van der Waals surface area contributed by atoms with Crippen molar-refractivity contribution in [1.29, 1.82) is 5.26 Å². The van der Waals surface area contributed by atoms with Crippen molar-refractivity contribution in [1.82, 2.24) is 9.88 Å². The summed E-state index contributed by atoms with van der Waals surface area (Å²) in [6, 6.07) is 4.90. The molecule has 18 heavy (non-hydrogen) atoms. The third-order valence-electron chi connectivity index (χ3n) is 4.35. The Morgan fingerprint density at radius 1 is 1.39 bits per heavy atom. The fourth-order valence-corrected chi connectivity index (χ4v) is 2.77. The molecular weight excluding hydrogens is 222 g/mol. The number of hydrogen-bond acceptors (Lipinski definition) is 2. The first-order valence-corrected chi connectivity index (χ1v) is 6.90. The van der Waals surface area contributed by atoms with Crippen molar-refractivity contribution in [3.63, 3.8) is 0 Å². The zero-order chi connectivity index (χ0) is 13.1. The summed E-state index contributed by atoms with van der Waals surface area (Å²) in [5.41, 5.74) is 3.21. The molecule has 0 atom stereocenters. The molecule has 1 saturated carbocycles. The van der Waals surface area contributed by atoms with Gasteiger partial charge in [0.25, 0.3) is 0 Å². The van der Waals surface area contributed by atoms with Gasteiger partial charge in [0.1, 0.15) is 11.8 Å². The zero-order valence-corrected chi connectivity index (χ0v) is 11.7. The van der Waals surface area contributed by atoms with E-state index in [2.05, 4.69) is 25.2 Å². The van der Waals surface area contributed by atoms with Crippen LogP contribution in [0.3, 0.4) is 0 Å². The Morgan fingerprint density at radius 3 is 2.61 bits per heavy atom. The lowest BCUT2D eigenvalue weighted by molar-refractivity contribution is 0.306. The number of nitriles is 1. The maximum Gasteiger partial charge on any atom is 0.120 e. The Hall–Kier alpha value is -1.27. The highest BCUT2D eigenvalue weighted by Gasteiger charge is 2.18. The van der Waals surface area contributed by atoms with Crippen LogP contribution in [0.15, 0.2) is 6.07 Å². The third-order valence-corrected chi connectivity index (χ3v) is 4.35. The van der Waals surface area contributed by atoms with Crippen molar-refractivity contribution in [3.05, 3.63) is 23.0 Å². The Labute approximate surface area is 110 Å². The average Bonchev–Trinajstić information content (AvgIpc) is 2.65. The lowest BCUT2D eigenvalue weighted by Crippen LogP contribution is -2.32. The molecule has 1 fully saturated rings. The molecule has 1 N–H and O–H groups in total. The molecule has 3 nitrogen and oxygen atoms in total. The Kier molecular flexibility index (Phi) is 4.08. The Morgan fingerprint density at radius 2 is 2.06 bits per heavy atom. The standard InChI is InChI=1S/C15H23N3/c1-11-4-6-14(7-5-11)17-10-13-8-15(9-16)18(3)12(13)2/h8,11,14,17H,4-7,10H2,1-3H3. The van der Waals surface area contributed by atoms with Gasteiger partial charge in [0, 0.05) is 25.3 Å². The molecule has 1 aliphatic rings. The predicted octanol–water partition coefficient (Wildman–Crippen LogP) is 2.87. The summed E-state index contributed by atoms with van der Waals surface area (Å²) in [6.07, 6.45) is 5.26. The van der Waals surface area contributed by atoms with Crippen LogP contribution in [0.4, 0.5) is 0 Å². The highest BCUT2D eigenvalue weighted by atomic mass is 15.0.